The molecule has 0 unspecified atom stereocenters. The first-order chi connectivity index (χ1) is 12.6. The van der Waals surface area contributed by atoms with Gasteiger partial charge >= 0.3 is 0 Å². The highest BCUT2D eigenvalue weighted by Gasteiger charge is 2.10. The van der Waals surface area contributed by atoms with Crippen LogP contribution in [0.15, 0.2) is 71.9 Å². The summed E-state index contributed by atoms with van der Waals surface area (Å²) in [6.45, 7) is 4.26. The molecule has 0 amide bonds. The van der Waals surface area contributed by atoms with E-state index >= 15 is 0 Å². The molecule has 0 aliphatic carbocycles. The summed E-state index contributed by atoms with van der Waals surface area (Å²) in [5.74, 6) is 0. The fourth-order valence-corrected chi connectivity index (χ4v) is 3.74. The van der Waals surface area contributed by atoms with Crippen LogP contribution < -0.4 is 0 Å². The second-order valence-corrected chi connectivity index (χ2v) is 7.53. The Morgan fingerprint density at radius 1 is 1.00 bits per heavy atom. The Kier molecular flexibility index (Phi) is 4.59. The predicted octanol–water partition coefficient (Wildman–Crippen LogP) is 6.00. The van der Waals surface area contributed by atoms with E-state index in [2.05, 4.69) is 93.4 Å². The van der Waals surface area contributed by atoms with E-state index in [1.54, 1.807) is 0 Å². The number of aryl methyl sites for hydroxylation is 1. The first-order valence-electron chi connectivity index (χ1n) is 8.45. The average Bonchev–Trinajstić information content (AvgIpc) is 2.93. The number of hydrogen-bond acceptors (Lipinski definition) is 2. The maximum Gasteiger partial charge on any atom is 0.0703 e. The molecule has 4 aromatic rings. The van der Waals surface area contributed by atoms with Crippen LogP contribution in [-0.4, -0.2) is 15.8 Å². The van der Waals surface area contributed by atoms with Crippen LogP contribution in [0.4, 0.5) is 5.69 Å². The lowest BCUT2D eigenvalue weighted by molar-refractivity contribution is 0.967. The van der Waals surface area contributed by atoms with Crippen molar-refractivity contribution in [3.8, 4) is 5.69 Å². The van der Waals surface area contributed by atoms with E-state index in [1.165, 1.54) is 15.0 Å². The summed E-state index contributed by atoms with van der Waals surface area (Å²) in [6, 6.07) is 20.8. The summed E-state index contributed by atoms with van der Waals surface area (Å²) in [6.07, 6.45) is 3.78. The SMILES string of the molecule is Cc1cc(C=Nc2cccc(I)c2)c(C)n1-c1ccc2ncccc2c1. The van der Waals surface area contributed by atoms with Crippen molar-refractivity contribution in [3.05, 3.63) is 87.4 Å². The topological polar surface area (TPSA) is 30.2 Å². The van der Waals surface area contributed by atoms with Gasteiger partial charge in [-0.3, -0.25) is 9.98 Å². The molecular formula is C22H18IN3. The quantitative estimate of drug-likeness (QED) is 0.278. The van der Waals surface area contributed by atoms with E-state index in [0.717, 1.165) is 27.8 Å². The molecule has 0 aliphatic rings. The summed E-state index contributed by atoms with van der Waals surface area (Å²) in [7, 11) is 0. The number of halogens is 1. The lowest BCUT2D eigenvalue weighted by atomic mass is 10.2. The third-order valence-electron chi connectivity index (χ3n) is 4.48. The van der Waals surface area contributed by atoms with Gasteiger partial charge in [0, 0.05) is 44.0 Å². The smallest absolute Gasteiger partial charge is 0.0703 e. The number of hydrogen-bond donors (Lipinski definition) is 0. The van der Waals surface area contributed by atoms with Gasteiger partial charge in [-0.15, -0.1) is 0 Å². The highest BCUT2D eigenvalue weighted by Crippen LogP contribution is 2.23. The zero-order valence-electron chi connectivity index (χ0n) is 14.6. The summed E-state index contributed by atoms with van der Waals surface area (Å²) in [5, 5.41) is 1.14. The van der Waals surface area contributed by atoms with Crippen LogP contribution in [0, 0.1) is 17.4 Å². The molecule has 0 N–H and O–H groups in total. The van der Waals surface area contributed by atoms with Crippen LogP contribution in [0.25, 0.3) is 16.6 Å². The Labute approximate surface area is 166 Å². The highest BCUT2D eigenvalue weighted by molar-refractivity contribution is 14.1. The van der Waals surface area contributed by atoms with Crippen LogP contribution in [-0.2, 0) is 0 Å². The highest BCUT2D eigenvalue weighted by atomic mass is 127. The van der Waals surface area contributed by atoms with Crippen LogP contribution >= 0.6 is 22.6 Å². The molecule has 2 heterocycles. The maximum atomic E-state index is 4.64. The largest absolute Gasteiger partial charge is 0.318 e. The molecule has 0 fully saturated rings. The molecule has 2 aromatic heterocycles. The third-order valence-corrected chi connectivity index (χ3v) is 5.15. The first kappa shape index (κ1) is 17.0. The van der Waals surface area contributed by atoms with Crippen molar-refractivity contribution in [3.63, 3.8) is 0 Å². The molecule has 128 valence electrons. The van der Waals surface area contributed by atoms with Crippen molar-refractivity contribution in [1.82, 2.24) is 9.55 Å². The number of aliphatic imine (C=N–C) groups is 1. The van der Waals surface area contributed by atoms with Gasteiger partial charge in [0.25, 0.3) is 0 Å². The molecule has 0 saturated heterocycles. The van der Waals surface area contributed by atoms with Crippen molar-refractivity contribution < 1.29 is 0 Å². The Balaban J connectivity index is 1.74. The van der Waals surface area contributed by atoms with E-state index in [-0.39, 0.29) is 0 Å². The van der Waals surface area contributed by atoms with Gasteiger partial charge in [-0.05, 0) is 85.0 Å². The number of fused-ring (bicyclic) bond motifs is 1. The fourth-order valence-electron chi connectivity index (χ4n) is 3.22. The average molecular weight is 451 g/mol. The van der Waals surface area contributed by atoms with Crippen molar-refractivity contribution in [1.29, 1.82) is 0 Å². The Morgan fingerprint density at radius 2 is 1.88 bits per heavy atom. The molecule has 0 spiro atoms. The molecule has 0 bridgehead atoms. The standard InChI is InChI=1S/C22H18IN3/c1-15-11-18(14-25-20-7-3-6-19(23)13-20)16(2)26(15)21-8-9-22-17(12-21)5-4-10-24-22/h3-14H,1-2H3. The number of pyridine rings is 1. The summed E-state index contributed by atoms with van der Waals surface area (Å²) in [5.41, 5.74) is 6.63. The zero-order chi connectivity index (χ0) is 18.1. The lowest BCUT2D eigenvalue weighted by Gasteiger charge is -2.10. The number of rotatable bonds is 3. The fraction of sp³-hybridized carbons (Fsp3) is 0.0909. The molecule has 26 heavy (non-hydrogen) atoms. The van der Waals surface area contributed by atoms with Crippen LogP contribution in [0.5, 0.6) is 0 Å². The van der Waals surface area contributed by atoms with Gasteiger partial charge in [0.2, 0.25) is 0 Å². The zero-order valence-corrected chi connectivity index (χ0v) is 16.8. The minimum Gasteiger partial charge on any atom is -0.318 e. The minimum absolute atomic E-state index is 0.971. The number of benzene rings is 2. The summed E-state index contributed by atoms with van der Waals surface area (Å²) < 4.78 is 3.45. The molecule has 2 aromatic carbocycles. The minimum atomic E-state index is 0.971. The van der Waals surface area contributed by atoms with E-state index in [1.807, 2.05) is 30.6 Å². The first-order valence-corrected chi connectivity index (χ1v) is 9.53. The van der Waals surface area contributed by atoms with E-state index in [9.17, 15) is 0 Å². The van der Waals surface area contributed by atoms with E-state index in [4.69, 9.17) is 0 Å². The molecule has 0 radical (unpaired) electrons. The monoisotopic (exact) mass is 451 g/mol. The summed E-state index contributed by atoms with van der Waals surface area (Å²) in [4.78, 5) is 9.05. The summed E-state index contributed by atoms with van der Waals surface area (Å²) >= 11 is 2.31. The van der Waals surface area contributed by atoms with Crippen LogP contribution in [0.1, 0.15) is 17.0 Å². The normalized spacial score (nSPS) is 11.5. The van der Waals surface area contributed by atoms with Gasteiger partial charge < -0.3 is 4.57 Å². The van der Waals surface area contributed by atoms with Crippen molar-refractivity contribution in [2.75, 3.05) is 0 Å². The molecule has 0 atom stereocenters. The molecule has 0 saturated carbocycles. The van der Waals surface area contributed by atoms with Crippen molar-refractivity contribution in [2.45, 2.75) is 13.8 Å². The van der Waals surface area contributed by atoms with Gasteiger partial charge in [-0.2, -0.15) is 0 Å². The van der Waals surface area contributed by atoms with Crippen molar-refractivity contribution in [2.24, 2.45) is 4.99 Å². The molecule has 0 aliphatic heterocycles. The van der Waals surface area contributed by atoms with Gasteiger partial charge in [0.15, 0.2) is 0 Å². The van der Waals surface area contributed by atoms with E-state index < -0.39 is 0 Å². The van der Waals surface area contributed by atoms with Gasteiger partial charge in [0.05, 0.1) is 11.2 Å². The maximum absolute atomic E-state index is 4.64. The lowest BCUT2D eigenvalue weighted by Crippen LogP contribution is -1.99. The molecule has 4 heteroatoms. The second-order valence-electron chi connectivity index (χ2n) is 6.28. The molecular weight excluding hydrogens is 433 g/mol. The van der Waals surface area contributed by atoms with Crippen LogP contribution in [0.3, 0.4) is 0 Å². The molecule has 3 nitrogen and oxygen atoms in total. The number of aromatic nitrogens is 2. The van der Waals surface area contributed by atoms with E-state index in [0.29, 0.717) is 0 Å². The Bertz CT molecular complexity index is 1130. The Morgan fingerprint density at radius 3 is 2.73 bits per heavy atom. The second kappa shape index (κ2) is 7.03. The molecule has 4 rings (SSSR count). The van der Waals surface area contributed by atoms with Crippen LogP contribution in [0.2, 0.25) is 0 Å². The van der Waals surface area contributed by atoms with Crippen molar-refractivity contribution >= 4 is 45.4 Å². The van der Waals surface area contributed by atoms with Gasteiger partial charge in [-0.1, -0.05) is 12.1 Å². The number of nitrogens with zero attached hydrogens (tertiary/aromatic N) is 3. The Hall–Kier alpha value is -2.47. The van der Waals surface area contributed by atoms with Gasteiger partial charge in [0.1, 0.15) is 0 Å². The van der Waals surface area contributed by atoms with Gasteiger partial charge in [-0.25, -0.2) is 0 Å². The predicted molar refractivity (Wildman–Crippen MR) is 117 cm³/mol. The third kappa shape index (κ3) is 3.29.